The molecular formula is C11H17BrN2S. The lowest BCUT2D eigenvalue weighted by Crippen LogP contribution is -2.35. The van der Waals surface area contributed by atoms with Crippen LogP contribution in [0.15, 0.2) is 15.2 Å². The van der Waals surface area contributed by atoms with Crippen LogP contribution in [0.2, 0.25) is 0 Å². The number of nitrogens with one attached hydrogen (secondary N) is 1. The van der Waals surface area contributed by atoms with Gasteiger partial charge in [0.15, 0.2) is 0 Å². The van der Waals surface area contributed by atoms with Crippen LogP contribution < -0.4 is 0 Å². The highest BCUT2D eigenvalue weighted by Crippen LogP contribution is 2.23. The maximum absolute atomic E-state index is 8.02. The van der Waals surface area contributed by atoms with Crippen molar-refractivity contribution in [3.63, 3.8) is 0 Å². The summed E-state index contributed by atoms with van der Waals surface area (Å²) in [5, 5.41) is 10.1. The van der Waals surface area contributed by atoms with E-state index >= 15 is 0 Å². The number of nitrogens with zero attached hydrogens (tertiary/aromatic N) is 1. The fraction of sp³-hybridized carbons (Fsp3) is 0.545. The highest BCUT2D eigenvalue weighted by atomic mass is 79.9. The Bertz CT molecular complexity index is 352. The van der Waals surface area contributed by atoms with E-state index in [1.54, 1.807) is 11.3 Å². The first-order valence-electron chi connectivity index (χ1n) is 4.84. The van der Waals surface area contributed by atoms with Crippen molar-refractivity contribution in [3.8, 4) is 0 Å². The lowest BCUT2D eigenvalue weighted by atomic mass is 9.94. The van der Waals surface area contributed by atoms with Gasteiger partial charge in [0, 0.05) is 19.0 Å². The predicted octanol–water partition coefficient (Wildman–Crippen LogP) is 3.97. The molecule has 0 aliphatic carbocycles. The molecule has 0 saturated carbocycles. The third kappa shape index (κ3) is 3.61. The van der Waals surface area contributed by atoms with Gasteiger partial charge in [-0.2, -0.15) is 0 Å². The smallest absolute Gasteiger partial charge is 0.101 e. The number of thiophene rings is 1. The van der Waals surface area contributed by atoms with Crippen molar-refractivity contribution < 1.29 is 0 Å². The van der Waals surface area contributed by atoms with Gasteiger partial charge in [-0.15, -0.1) is 11.3 Å². The van der Waals surface area contributed by atoms with Gasteiger partial charge in [-0.1, -0.05) is 20.8 Å². The molecule has 2 nitrogen and oxygen atoms in total. The summed E-state index contributed by atoms with van der Waals surface area (Å²) >= 11 is 5.13. The van der Waals surface area contributed by atoms with E-state index in [-0.39, 0.29) is 5.41 Å². The summed E-state index contributed by atoms with van der Waals surface area (Å²) in [5.41, 5.74) is 1.17. The van der Waals surface area contributed by atoms with E-state index in [1.807, 2.05) is 11.9 Å². The van der Waals surface area contributed by atoms with E-state index in [2.05, 4.69) is 48.1 Å². The molecule has 1 heterocycles. The largest absolute Gasteiger partial charge is 0.359 e. The molecule has 15 heavy (non-hydrogen) atoms. The van der Waals surface area contributed by atoms with E-state index in [9.17, 15) is 0 Å². The van der Waals surface area contributed by atoms with Crippen LogP contribution in [0.3, 0.4) is 0 Å². The van der Waals surface area contributed by atoms with Crippen LogP contribution in [0.25, 0.3) is 0 Å². The van der Waals surface area contributed by atoms with Crippen molar-refractivity contribution in [2.45, 2.75) is 27.3 Å². The molecule has 1 rings (SSSR count). The molecule has 0 unspecified atom stereocenters. The van der Waals surface area contributed by atoms with Crippen LogP contribution >= 0.6 is 27.3 Å². The van der Waals surface area contributed by atoms with Gasteiger partial charge < -0.3 is 4.90 Å². The first-order chi connectivity index (χ1) is 6.80. The molecule has 0 fully saturated rings. The summed E-state index contributed by atoms with van der Waals surface area (Å²) in [6.07, 6.45) is 0. The maximum Gasteiger partial charge on any atom is 0.101 e. The van der Waals surface area contributed by atoms with Crippen LogP contribution in [-0.2, 0) is 6.54 Å². The summed E-state index contributed by atoms with van der Waals surface area (Å²) in [7, 11) is 1.97. The van der Waals surface area contributed by atoms with E-state index in [0.29, 0.717) is 5.84 Å². The predicted molar refractivity (Wildman–Crippen MR) is 70.7 cm³/mol. The number of amidine groups is 1. The van der Waals surface area contributed by atoms with Gasteiger partial charge in [0.2, 0.25) is 0 Å². The Balaban J connectivity index is 2.64. The third-order valence-electron chi connectivity index (χ3n) is 2.13. The van der Waals surface area contributed by atoms with Crippen LogP contribution in [0.5, 0.6) is 0 Å². The maximum atomic E-state index is 8.02. The SMILES string of the molecule is CN(Cc1csc(Br)c1)C(=N)C(C)(C)C. The van der Waals surface area contributed by atoms with Gasteiger partial charge >= 0.3 is 0 Å². The summed E-state index contributed by atoms with van der Waals surface area (Å²) in [4.78, 5) is 1.99. The van der Waals surface area contributed by atoms with Gasteiger partial charge in [0.25, 0.3) is 0 Å². The Labute approximate surface area is 104 Å². The zero-order chi connectivity index (χ0) is 11.6. The first-order valence-corrected chi connectivity index (χ1v) is 6.51. The fourth-order valence-corrected chi connectivity index (χ4v) is 2.55. The zero-order valence-corrected chi connectivity index (χ0v) is 12.0. The van der Waals surface area contributed by atoms with Crippen molar-refractivity contribution >= 4 is 33.1 Å². The Kier molecular flexibility index (Phi) is 3.95. The van der Waals surface area contributed by atoms with Crippen molar-refractivity contribution in [2.75, 3.05) is 7.05 Å². The number of hydrogen-bond acceptors (Lipinski definition) is 2. The molecule has 0 bridgehead atoms. The molecule has 1 aromatic heterocycles. The molecule has 1 N–H and O–H groups in total. The van der Waals surface area contributed by atoms with Crippen LogP contribution in [0.4, 0.5) is 0 Å². The number of rotatable bonds is 2. The average Bonchev–Trinajstić information content (AvgIpc) is 2.48. The summed E-state index contributed by atoms with van der Waals surface area (Å²) < 4.78 is 1.15. The Hall–Kier alpha value is -0.350. The topological polar surface area (TPSA) is 27.1 Å². The second-order valence-corrected chi connectivity index (χ2v) is 7.00. The second-order valence-electron chi connectivity index (χ2n) is 4.71. The molecule has 84 valence electrons. The molecule has 0 radical (unpaired) electrons. The van der Waals surface area contributed by atoms with Crippen molar-refractivity contribution in [3.05, 3.63) is 20.8 Å². The molecule has 0 amide bonds. The monoisotopic (exact) mass is 288 g/mol. The zero-order valence-electron chi connectivity index (χ0n) is 9.60. The number of halogens is 1. The molecule has 0 aliphatic rings. The first kappa shape index (κ1) is 12.7. The summed E-state index contributed by atoms with van der Waals surface area (Å²) in [6, 6.07) is 2.11. The number of hydrogen-bond donors (Lipinski definition) is 1. The molecule has 0 atom stereocenters. The standard InChI is InChI=1S/C11H17BrN2S/c1-11(2,3)10(13)14(4)6-8-5-9(12)15-7-8/h5,7,13H,6H2,1-4H3. The van der Waals surface area contributed by atoms with Crippen LogP contribution in [-0.4, -0.2) is 17.8 Å². The highest BCUT2D eigenvalue weighted by molar-refractivity contribution is 9.11. The molecule has 0 aliphatic heterocycles. The quantitative estimate of drug-likeness (QED) is 0.647. The van der Waals surface area contributed by atoms with E-state index in [1.165, 1.54) is 5.56 Å². The van der Waals surface area contributed by atoms with E-state index in [0.717, 1.165) is 10.3 Å². The Morgan fingerprint density at radius 3 is 2.53 bits per heavy atom. The van der Waals surface area contributed by atoms with Crippen molar-refractivity contribution in [1.29, 1.82) is 5.41 Å². The normalized spacial score (nSPS) is 11.5. The lowest BCUT2D eigenvalue weighted by molar-refractivity contribution is 0.418. The minimum Gasteiger partial charge on any atom is -0.359 e. The minimum atomic E-state index is -0.0813. The fourth-order valence-electron chi connectivity index (χ4n) is 1.35. The van der Waals surface area contributed by atoms with E-state index < -0.39 is 0 Å². The summed E-state index contributed by atoms with van der Waals surface area (Å²) in [6.45, 7) is 7.00. The highest BCUT2D eigenvalue weighted by Gasteiger charge is 2.20. The average molecular weight is 289 g/mol. The second kappa shape index (κ2) is 4.66. The Morgan fingerprint density at radius 1 is 1.53 bits per heavy atom. The van der Waals surface area contributed by atoms with Crippen molar-refractivity contribution in [1.82, 2.24) is 4.90 Å². The third-order valence-corrected chi connectivity index (χ3v) is 3.69. The van der Waals surface area contributed by atoms with Crippen LogP contribution in [0, 0.1) is 10.8 Å². The van der Waals surface area contributed by atoms with Crippen molar-refractivity contribution in [2.24, 2.45) is 5.41 Å². The van der Waals surface area contributed by atoms with Gasteiger partial charge in [-0.3, -0.25) is 5.41 Å². The molecule has 0 spiro atoms. The van der Waals surface area contributed by atoms with Gasteiger partial charge in [0.1, 0.15) is 5.84 Å². The van der Waals surface area contributed by atoms with Gasteiger partial charge in [0.05, 0.1) is 3.79 Å². The minimum absolute atomic E-state index is 0.0813. The van der Waals surface area contributed by atoms with E-state index in [4.69, 9.17) is 5.41 Å². The van der Waals surface area contributed by atoms with Gasteiger partial charge in [-0.05, 0) is 32.9 Å². The Morgan fingerprint density at radius 2 is 2.13 bits per heavy atom. The van der Waals surface area contributed by atoms with Crippen LogP contribution in [0.1, 0.15) is 26.3 Å². The molecule has 0 saturated heterocycles. The summed E-state index contributed by atoms with van der Waals surface area (Å²) in [5.74, 6) is 0.671. The lowest BCUT2D eigenvalue weighted by Gasteiger charge is -2.29. The van der Waals surface area contributed by atoms with Gasteiger partial charge in [-0.25, -0.2) is 0 Å². The molecular weight excluding hydrogens is 272 g/mol. The molecule has 1 aromatic rings. The molecule has 4 heteroatoms. The molecule has 0 aromatic carbocycles.